The molecule has 30 heavy (non-hydrogen) atoms. The number of hydrogen-bond acceptors (Lipinski definition) is 4. The molecule has 0 aliphatic heterocycles. The van der Waals surface area contributed by atoms with Gasteiger partial charge in [0.15, 0.2) is 6.61 Å². The van der Waals surface area contributed by atoms with E-state index in [2.05, 4.69) is 0 Å². The first-order valence-corrected chi connectivity index (χ1v) is 9.71. The van der Waals surface area contributed by atoms with E-state index in [4.69, 9.17) is 27.9 Å². The molecule has 152 valence electrons. The monoisotopic (exact) mass is 441 g/mol. The van der Waals surface area contributed by atoms with E-state index in [0.717, 1.165) is 0 Å². The number of ketones is 1. The lowest BCUT2D eigenvalue weighted by molar-refractivity contribution is 0.0472. The summed E-state index contributed by atoms with van der Waals surface area (Å²) in [5.74, 6) is -1.63. The lowest BCUT2D eigenvalue weighted by Gasteiger charge is -2.18. The maximum Gasteiger partial charge on any atom is 0.339 e. The van der Waals surface area contributed by atoms with Crippen LogP contribution >= 0.6 is 23.2 Å². The molecule has 0 aliphatic carbocycles. The average molecular weight is 442 g/mol. The third-order valence-corrected chi connectivity index (χ3v) is 4.94. The number of rotatable bonds is 6. The molecule has 0 saturated carbocycles. The largest absolute Gasteiger partial charge is 0.454 e. The maximum atomic E-state index is 12.9. The predicted molar refractivity (Wildman–Crippen MR) is 117 cm³/mol. The van der Waals surface area contributed by atoms with Gasteiger partial charge in [0.1, 0.15) is 0 Å². The van der Waals surface area contributed by atoms with Crippen LogP contribution in [0.2, 0.25) is 10.0 Å². The summed E-state index contributed by atoms with van der Waals surface area (Å²) in [6.07, 6.45) is 0. The van der Waals surface area contributed by atoms with Crippen molar-refractivity contribution in [1.29, 1.82) is 0 Å². The van der Waals surface area contributed by atoms with Gasteiger partial charge in [-0.05, 0) is 42.5 Å². The van der Waals surface area contributed by atoms with E-state index in [1.807, 2.05) is 18.2 Å². The number of Topliss-reactive ketones (excluding diaryl/α,β-unsaturated/α-hetero) is 1. The van der Waals surface area contributed by atoms with Gasteiger partial charge in [0.2, 0.25) is 5.78 Å². The summed E-state index contributed by atoms with van der Waals surface area (Å²) in [5, 5.41) is 0.562. The number of para-hydroxylation sites is 1. The molecule has 0 N–H and O–H groups in total. The number of amides is 1. The van der Waals surface area contributed by atoms with Crippen LogP contribution in [0.3, 0.4) is 0 Å². The molecule has 0 atom stereocenters. The van der Waals surface area contributed by atoms with Crippen LogP contribution in [0.5, 0.6) is 0 Å². The minimum absolute atomic E-state index is 0.0697. The van der Waals surface area contributed by atoms with E-state index in [9.17, 15) is 14.4 Å². The molecular weight excluding hydrogens is 425 g/mol. The minimum atomic E-state index is -0.779. The van der Waals surface area contributed by atoms with Crippen LogP contribution in [0, 0.1) is 0 Å². The summed E-state index contributed by atoms with van der Waals surface area (Å²) in [4.78, 5) is 39.3. The molecule has 7 heteroatoms. The molecule has 0 heterocycles. The van der Waals surface area contributed by atoms with Crippen LogP contribution in [-0.4, -0.2) is 31.3 Å². The van der Waals surface area contributed by atoms with Gasteiger partial charge in [0.25, 0.3) is 5.91 Å². The first-order chi connectivity index (χ1) is 14.4. The van der Waals surface area contributed by atoms with Crippen molar-refractivity contribution >= 4 is 46.5 Å². The Morgan fingerprint density at radius 2 is 1.47 bits per heavy atom. The molecule has 0 spiro atoms. The molecule has 5 nitrogen and oxygen atoms in total. The van der Waals surface area contributed by atoms with Gasteiger partial charge in [-0.15, -0.1) is 0 Å². The van der Waals surface area contributed by atoms with Gasteiger partial charge >= 0.3 is 5.97 Å². The smallest absolute Gasteiger partial charge is 0.339 e. The molecular formula is C23H17Cl2NO4. The second-order valence-corrected chi connectivity index (χ2v) is 7.21. The van der Waals surface area contributed by atoms with Gasteiger partial charge in [-0.25, -0.2) is 4.79 Å². The predicted octanol–water partition coefficient (Wildman–Crippen LogP) is 5.31. The quantitative estimate of drug-likeness (QED) is 0.384. The normalized spacial score (nSPS) is 10.4. The van der Waals surface area contributed by atoms with Crippen molar-refractivity contribution in [2.24, 2.45) is 0 Å². The molecule has 0 unspecified atom stereocenters. The van der Waals surface area contributed by atoms with Crippen LogP contribution in [-0.2, 0) is 4.74 Å². The highest BCUT2D eigenvalue weighted by atomic mass is 35.5. The zero-order valence-electron chi connectivity index (χ0n) is 16.0. The summed E-state index contributed by atoms with van der Waals surface area (Å²) in [7, 11) is 1.62. The highest BCUT2D eigenvalue weighted by Gasteiger charge is 2.22. The van der Waals surface area contributed by atoms with Crippen molar-refractivity contribution in [1.82, 2.24) is 0 Å². The average Bonchev–Trinajstić information content (AvgIpc) is 2.76. The first kappa shape index (κ1) is 21.6. The molecule has 0 radical (unpaired) electrons. The van der Waals surface area contributed by atoms with E-state index >= 15 is 0 Å². The maximum absolute atomic E-state index is 12.9. The molecule has 0 bridgehead atoms. The number of carbonyl (C=O) groups excluding carboxylic acids is 3. The fourth-order valence-electron chi connectivity index (χ4n) is 2.80. The number of esters is 1. The van der Waals surface area contributed by atoms with E-state index in [1.165, 1.54) is 35.2 Å². The number of benzene rings is 3. The van der Waals surface area contributed by atoms with E-state index < -0.39 is 18.4 Å². The lowest BCUT2D eigenvalue weighted by Crippen LogP contribution is -2.28. The standard InChI is InChI=1S/C23H17Cl2NO4/c1-26(16-7-3-2-4-8-16)22(28)17-9-5-6-10-18(17)23(29)30-14-21(27)19-12-11-15(24)13-20(19)25/h2-13H,14H2,1H3. The van der Waals surface area contributed by atoms with Crippen LogP contribution in [0.25, 0.3) is 0 Å². The van der Waals surface area contributed by atoms with Gasteiger partial charge in [-0.3, -0.25) is 9.59 Å². The van der Waals surface area contributed by atoms with Crippen molar-refractivity contribution < 1.29 is 19.1 Å². The number of halogens is 2. The Morgan fingerprint density at radius 3 is 2.13 bits per heavy atom. The van der Waals surface area contributed by atoms with Gasteiger partial charge < -0.3 is 9.64 Å². The van der Waals surface area contributed by atoms with Gasteiger partial charge in [0, 0.05) is 23.3 Å². The number of hydrogen-bond donors (Lipinski definition) is 0. The SMILES string of the molecule is CN(C(=O)c1ccccc1C(=O)OCC(=O)c1ccc(Cl)cc1Cl)c1ccccc1. The summed E-state index contributed by atoms with van der Waals surface area (Å²) in [6, 6.07) is 19.8. The molecule has 0 saturated heterocycles. The Kier molecular flexibility index (Phi) is 6.87. The Morgan fingerprint density at radius 1 is 0.833 bits per heavy atom. The fraction of sp³-hybridized carbons (Fsp3) is 0.0870. The molecule has 1 amide bonds. The number of ether oxygens (including phenoxy) is 1. The molecule has 0 fully saturated rings. The van der Waals surface area contributed by atoms with Crippen molar-refractivity contribution in [3.8, 4) is 0 Å². The fourth-order valence-corrected chi connectivity index (χ4v) is 3.31. The number of anilines is 1. The third kappa shape index (κ3) is 4.87. The van der Waals surface area contributed by atoms with Crippen molar-refractivity contribution in [3.05, 3.63) is 99.5 Å². The Bertz CT molecular complexity index is 1100. The highest BCUT2D eigenvalue weighted by molar-refractivity contribution is 6.36. The van der Waals surface area contributed by atoms with Crippen LogP contribution in [0.4, 0.5) is 5.69 Å². The van der Waals surface area contributed by atoms with Crippen molar-refractivity contribution in [2.75, 3.05) is 18.6 Å². The van der Waals surface area contributed by atoms with Crippen molar-refractivity contribution in [2.45, 2.75) is 0 Å². The third-order valence-electron chi connectivity index (χ3n) is 4.39. The minimum Gasteiger partial charge on any atom is -0.454 e. The molecule has 3 aromatic carbocycles. The van der Waals surface area contributed by atoms with Gasteiger partial charge in [-0.2, -0.15) is 0 Å². The van der Waals surface area contributed by atoms with Gasteiger partial charge in [-0.1, -0.05) is 53.5 Å². The number of carbonyl (C=O) groups is 3. The zero-order valence-corrected chi connectivity index (χ0v) is 17.5. The van der Waals surface area contributed by atoms with E-state index in [1.54, 1.807) is 31.3 Å². The summed E-state index contributed by atoms with van der Waals surface area (Å²) in [5.41, 5.74) is 1.12. The zero-order chi connectivity index (χ0) is 21.7. The molecule has 3 aromatic rings. The Hall–Kier alpha value is -3.15. The summed E-state index contributed by atoms with van der Waals surface area (Å²) >= 11 is 11.8. The topological polar surface area (TPSA) is 63.7 Å². The van der Waals surface area contributed by atoms with Crippen LogP contribution in [0.15, 0.2) is 72.8 Å². The second-order valence-electron chi connectivity index (χ2n) is 6.37. The van der Waals surface area contributed by atoms with E-state index in [-0.39, 0.29) is 27.6 Å². The molecule has 0 aliphatic rings. The second kappa shape index (κ2) is 9.57. The Labute approximate surface area is 183 Å². The summed E-state index contributed by atoms with van der Waals surface area (Å²) in [6.45, 7) is -0.517. The Balaban J connectivity index is 1.75. The van der Waals surface area contributed by atoms with Crippen LogP contribution < -0.4 is 4.90 Å². The van der Waals surface area contributed by atoms with Crippen LogP contribution in [0.1, 0.15) is 31.1 Å². The summed E-state index contributed by atoms with van der Waals surface area (Å²) < 4.78 is 5.15. The number of nitrogens with zero attached hydrogens (tertiary/aromatic N) is 1. The van der Waals surface area contributed by atoms with E-state index in [0.29, 0.717) is 10.7 Å². The molecule has 0 aromatic heterocycles. The first-order valence-electron chi connectivity index (χ1n) is 8.96. The molecule has 3 rings (SSSR count). The highest BCUT2D eigenvalue weighted by Crippen LogP contribution is 2.22. The van der Waals surface area contributed by atoms with Crippen molar-refractivity contribution in [3.63, 3.8) is 0 Å². The van der Waals surface area contributed by atoms with Gasteiger partial charge in [0.05, 0.1) is 16.1 Å². The lowest BCUT2D eigenvalue weighted by atomic mass is 10.1.